The molecule has 0 spiro atoms. The number of carbonyl (C=O) groups excluding carboxylic acids is 2. The number of hydrogen-bond donors (Lipinski definition) is 2. The van der Waals surface area contributed by atoms with Gasteiger partial charge in [0, 0.05) is 37.3 Å². The Balaban J connectivity index is 1.58. The largest absolute Gasteiger partial charge is 0.326 e. The van der Waals surface area contributed by atoms with Crippen LogP contribution in [0.3, 0.4) is 0 Å². The van der Waals surface area contributed by atoms with Crippen LogP contribution in [0, 0.1) is 12.8 Å². The van der Waals surface area contributed by atoms with Crippen molar-refractivity contribution in [1.29, 1.82) is 0 Å². The SMILES string of the molecule is CC(=O)Nc1ccc(NC(=O)C2CCN(S(=O)(=O)c3cccs3)CC2)cc1C. The fourth-order valence-electron chi connectivity index (χ4n) is 3.21. The van der Waals surface area contributed by atoms with Crippen molar-refractivity contribution in [2.45, 2.75) is 30.9 Å². The van der Waals surface area contributed by atoms with Crippen LogP contribution in [0.15, 0.2) is 39.9 Å². The standard InChI is InChI=1S/C19H23N3O4S2/c1-13-12-16(5-6-17(13)20-14(2)23)21-19(24)15-7-9-22(10-8-15)28(25,26)18-4-3-11-27-18/h3-6,11-12,15H,7-10H2,1-2H3,(H,20,23)(H,21,24). The molecule has 0 bridgehead atoms. The van der Waals surface area contributed by atoms with Crippen molar-refractivity contribution in [2.24, 2.45) is 5.92 Å². The predicted molar refractivity (Wildman–Crippen MR) is 110 cm³/mol. The molecule has 28 heavy (non-hydrogen) atoms. The van der Waals surface area contributed by atoms with E-state index in [2.05, 4.69) is 10.6 Å². The van der Waals surface area contributed by atoms with Crippen LogP contribution in [-0.4, -0.2) is 37.6 Å². The molecule has 3 rings (SSSR count). The number of nitrogens with one attached hydrogen (secondary N) is 2. The van der Waals surface area contributed by atoms with Crippen molar-refractivity contribution in [3.8, 4) is 0 Å². The summed E-state index contributed by atoms with van der Waals surface area (Å²) in [5.41, 5.74) is 2.22. The van der Waals surface area contributed by atoms with Gasteiger partial charge in [0.2, 0.25) is 11.8 Å². The van der Waals surface area contributed by atoms with Gasteiger partial charge in [-0.3, -0.25) is 9.59 Å². The maximum absolute atomic E-state index is 12.6. The highest BCUT2D eigenvalue weighted by atomic mass is 32.2. The van der Waals surface area contributed by atoms with Crippen LogP contribution in [-0.2, 0) is 19.6 Å². The quantitative estimate of drug-likeness (QED) is 0.776. The van der Waals surface area contributed by atoms with Gasteiger partial charge in [0.15, 0.2) is 0 Å². The Morgan fingerprint density at radius 3 is 2.43 bits per heavy atom. The average Bonchev–Trinajstić information content (AvgIpc) is 3.19. The Kier molecular flexibility index (Phi) is 6.17. The molecular weight excluding hydrogens is 398 g/mol. The lowest BCUT2D eigenvalue weighted by Crippen LogP contribution is -2.41. The van der Waals surface area contributed by atoms with Crippen LogP contribution < -0.4 is 10.6 Å². The third kappa shape index (κ3) is 4.60. The number of amides is 2. The van der Waals surface area contributed by atoms with E-state index in [0.29, 0.717) is 41.5 Å². The van der Waals surface area contributed by atoms with Crippen LogP contribution in [0.2, 0.25) is 0 Å². The normalized spacial score (nSPS) is 15.9. The summed E-state index contributed by atoms with van der Waals surface area (Å²) in [6.45, 7) is 3.96. The Bertz CT molecular complexity index is 963. The summed E-state index contributed by atoms with van der Waals surface area (Å²) < 4.78 is 26.9. The predicted octanol–water partition coefficient (Wildman–Crippen LogP) is 3.05. The van der Waals surface area contributed by atoms with Crippen molar-refractivity contribution < 1.29 is 18.0 Å². The average molecular weight is 422 g/mol. The summed E-state index contributed by atoms with van der Waals surface area (Å²) in [5.74, 6) is -0.492. The number of piperidine rings is 1. The molecular formula is C19H23N3O4S2. The van der Waals surface area contributed by atoms with Gasteiger partial charge < -0.3 is 10.6 Å². The van der Waals surface area contributed by atoms with Gasteiger partial charge in [0.05, 0.1) is 0 Å². The maximum Gasteiger partial charge on any atom is 0.252 e. The van der Waals surface area contributed by atoms with Crippen molar-refractivity contribution >= 4 is 44.5 Å². The Morgan fingerprint density at radius 1 is 1.14 bits per heavy atom. The molecule has 150 valence electrons. The highest BCUT2D eigenvalue weighted by molar-refractivity contribution is 7.91. The minimum absolute atomic E-state index is 0.111. The summed E-state index contributed by atoms with van der Waals surface area (Å²) in [6.07, 6.45) is 0.971. The Morgan fingerprint density at radius 2 is 1.86 bits per heavy atom. The molecule has 0 saturated carbocycles. The molecule has 0 unspecified atom stereocenters. The van der Waals surface area contributed by atoms with Gasteiger partial charge in [0.1, 0.15) is 4.21 Å². The number of aryl methyl sites for hydroxylation is 1. The summed E-state index contributed by atoms with van der Waals surface area (Å²) in [6, 6.07) is 8.62. The zero-order valence-corrected chi connectivity index (χ0v) is 17.4. The first-order chi connectivity index (χ1) is 13.3. The molecule has 1 fully saturated rings. The topological polar surface area (TPSA) is 95.6 Å². The molecule has 0 radical (unpaired) electrons. The second-order valence-electron chi connectivity index (χ2n) is 6.81. The van der Waals surface area contributed by atoms with Crippen molar-refractivity contribution in [3.63, 3.8) is 0 Å². The molecule has 0 atom stereocenters. The number of nitrogens with zero attached hydrogens (tertiary/aromatic N) is 1. The second-order valence-corrected chi connectivity index (χ2v) is 9.92. The van der Waals surface area contributed by atoms with Crippen molar-refractivity contribution in [2.75, 3.05) is 23.7 Å². The Hall–Kier alpha value is -2.23. The lowest BCUT2D eigenvalue weighted by molar-refractivity contribution is -0.121. The first kappa shape index (κ1) is 20.5. The van der Waals surface area contributed by atoms with E-state index < -0.39 is 10.0 Å². The smallest absolute Gasteiger partial charge is 0.252 e. The van der Waals surface area contributed by atoms with Crippen LogP contribution in [0.1, 0.15) is 25.3 Å². The molecule has 0 aliphatic carbocycles. The number of benzene rings is 1. The van der Waals surface area contributed by atoms with E-state index in [4.69, 9.17) is 0 Å². The number of rotatable bonds is 5. The molecule has 2 heterocycles. The van der Waals surface area contributed by atoms with E-state index in [-0.39, 0.29) is 17.7 Å². The van der Waals surface area contributed by atoms with Crippen LogP contribution in [0.25, 0.3) is 0 Å². The van der Waals surface area contributed by atoms with Crippen LogP contribution in [0.4, 0.5) is 11.4 Å². The van der Waals surface area contributed by atoms with Gasteiger partial charge in [-0.25, -0.2) is 8.42 Å². The summed E-state index contributed by atoms with van der Waals surface area (Å²) >= 11 is 1.20. The number of carbonyl (C=O) groups is 2. The highest BCUT2D eigenvalue weighted by Crippen LogP contribution is 2.27. The molecule has 2 aromatic rings. The Labute approximate surface area is 168 Å². The van der Waals surface area contributed by atoms with Gasteiger partial charge >= 0.3 is 0 Å². The van der Waals surface area contributed by atoms with Crippen LogP contribution in [0.5, 0.6) is 0 Å². The molecule has 9 heteroatoms. The van der Waals surface area contributed by atoms with Crippen LogP contribution >= 0.6 is 11.3 Å². The van der Waals surface area contributed by atoms with Crippen molar-refractivity contribution in [3.05, 3.63) is 41.3 Å². The summed E-state index contributed by atoms with van der Waals surface area (Å²) in [4.78, 5) is 23.8. The first-order valence-electron chi connectivity index (χ1n) is 9.00. The number of anilines is 2. The van der Waals surface area contributed by atoms with E-state index in [9.17, 15) is 18.0 Å². The fraction of sp³-hybridized carbons (Fsp3) is 0.368. The number of thiophene rings is 1. The monoisotopic (exact) mass is 421 g/mol. The zero-order valence-electron chi connectivity index (χ0n) is 15.8. The molecule has 7 nitrogen and oxygen atoms in total. The third-order valence-corrected chi connectivity index (χ3v) is 7.99. The van der Waals surface area contributed by atoms with Gasteiger partial charge in [-0.2, -0.15) is 4.31 Å². The molecule has 1 aromatic heterocycles. The third-order valence-electron chi connectivity index (χ3n) is 4.72. The van der Waals surface area contributed by atoms with Crippen molar-refractivity contribution in [1.82, 2.24) is 4.31 Å². The summed E-state index contributed by atoms with van der Waals surface area (Å²) in [5, 5.41) is 7.37. The molecule has 1 aliphatic rings. The summed E-state index contributed by atoms with van der Waals surface area (Å²) in [7, 11) is -3.46. The molecule has 2 N–H and O–H groups in total. The van der Waals surface area contributed by atoms with Gasteiger partial charge in [-0.1, -0.05) is 6.07 Å². The molecule has 2 amide bonds. The van der Waals surface area contributed by atoms with E-state index in [1.54, 1.807) is 35.7 Å². The minimum atomic E-state index is -3.46. The molecule has 1 saturated heterocycles. The van der Waals surface area contributed by atoms with E-state index in [0.717, 1.165) is 5.56 Å². The highest BCUT2D eigenvalue weighted by Gasteiger charge is 2.32. The number of hydrogen-bond acceptors (Lipinski definition) is 5. The molecule has 1 aliphatic heterocycles. The first-order valence-corrected chi connectivity index (χ1v) is 11.3. The lowest BCUT2D eigenvalue weighted by atomic mass is 9.97. The second kappa shape index (κ2) is 8.42. The lowest BCUT2D eigenvalue weighted by Gasteiger charge is -2.30. The fourth-order valence-corrected chi connectivity index (χ4v) is 5.83. The van der Waals surface area contributed by atoms with E-state index in [1.165, 1.54) is 22.6 Å². The zero-order chi connectivity index (χ0) is 20.3. The van der Waals surface area contributed by atoms with E-state index >= 15 is 0 Å². The van der Waals surface area contributed by atoms with Gasteiger partial charge in [0.25, 0.3) is 10.0 Å². The number of sulfonamides is 1. The maximum atomic E-state index is 12.6. The van der Waals surface area contributed by atoms with Gasteiger partial charge in [-0.15, -0.1) is 11.3 Å². The van der Waals surface area contributed by atoms with E-state index in [1.807, 2.05) is 6.92 Å². The molecule has 1 aromatic carbocycles. The minimum Gasteiger partial charge on any atom is -0.326 e. The van der Waals surface area contributed by atoms with Gasteiger partial charge in [-0.05, 0) is 55.0 Å².